The molecule has 0 amide bonds. The number of likely N-dealkylation sites (N-methyl/N-ethyl adjacent to an activating group) is 1. The molecule has 1 atom stereocenters. The standard InChI is InChI=1S/C24H35N7O/c1-7-24(5,6)31-22(26-27-28-31)21(30-11-9-29(8-2)10-12-30)19-15-18-13-16(3)17(4)14-20(18)25-23(19)32/h13-15,21H,7-12H2,1-6H3,(H,25,32). The third kappa shape index (κ3) is 4.09. The predicted octanol–water partition coefficient (Wildman–Crippen LogP) is 3.00. The monoisotopic (exact) mass is 437 g/mol. The molecule has 3 heterocycles. The van der Waals surface area contributed by atoms with Crippen molar-refractivity contribution in [3.05, 3.63) is 51.1 Å². The lowest BCUT2D eigenvalue weighted by Crippen LogP contribution is -2.49. The van der Waals surface area contributed by atoms with Gasteiger partial charge in [0, 0.05) is 37.3 Å². The molecule has 1 N–H and O–H groups in total. The van der Waals surface area contributed by atoms with Crippen LogP contribution in [0.4, 0.5) is 0 Å². The number of nitrogens with one attached hydrogen (secondary N) is 1. The van der Waals surface area contributed by atoms with Gasteiger partial charge in [0.1, 0.15) is 6.04 Å². The lowest BCUT2D eigenvalue weighted by Gasteiger charge is -2.39. The van der Waals surface area contributed by atoms with E-state index in [2.05, 4.69) is 84.0 Å². The van der Waals surface area contributed by atoms with Crippen molar-refractivity contribution in [3.63, 3.8) is 0 Å². The van der Waals surface area contributed by atoms with Crippen molar-refractivity contribution in [2.45, 2.75) is 59.5 Å². The van der Waals surface area contributed by atoms with Crippen molar-refractivity contribution in [1.29, 1.82) is 0 Å². The molecule has 8 heteroatoms. The fourth-order valence-electron chi connectivity index (χ4n) is 4.48. The Hall–Kier alpha value is -2.58. The van der Waals surface area contributed by atoms with E-state index in [9.17, 15) is 4.79 Å². The molecular weight excluding hydrogens is 402 g/mol. The van der Waals surface area contributed by atoms with E-state index in [4.69, 9.17) is 0 Å². The minimum Gasteiger partial charge on any atom is -0.322 e. The summed E-state index contributed by atoms with van der Waals surface area (Å²) in [6.07, 6.45) is 0.883. The summed E-state index contributed by atoms with van der Waals surface area (Å²) in [6.45, 7) is 17.5. The lowest BCUT2D eigenvalue weighted by molar-refractivity contribution is 0.105. The maximum absolute atomic E-state index is 13.4. The number of aryl methyl sites for hydroxylation is 2. The summed E-state index contributed by atoms with van der Waals surface area (Å²) in [4.78, 5) is 21.3. The van der Waals surface area contributed by atoms with Crippen LogP contribution in [0.5, 0.6) is 0 Å². The van der Waals surface area contributed by atoms with Crippen LogP contribution in [0.25, 0.3) is 10.9 Å². The molecule has 0 bridgehead atoms. The molecule has 3 aromatic rings. The van der Waals surface area contributed by atoms with Crippen LogP contribution in [-0.2, 0) is 5.54 Å². The molecule has 1 aliphatic heterocycles. The van der Waals surface area contributed by atoms with Gasteiger partial charge in [-0.2, -0.15) is 0 Å². The molecule has 1 aliphatic rings. The molecule has 32 heavy (non-hydrogen) atoms. The summed E-state index contributed by atoms with van der Waals surface area (Å²) >= 11 is 0. The van der Waals surface area contributed by atoms with Crippen LogP contribution in [0, 0.1) is 13.8 Å². The molecule has 8 nitrogen and oxygen atoms in total. The molecule has 1 saturated heterocycles. The zero-order valence-corrected chi connectivity index (χ0v) is 20.1. The number of H-pyrrole nitrogens is 1. The zero-order chi connectivity index (χ0) is 23.0. The number of fused-ring (bicyclic) bond motifs is 1. The Bertz CT molecular complexity index is 1150. The number of piperazine rings is 1. The minimum absolute atomic E-state index is 0.0764. The van der Waals surface area contributed by atoms with Crippen LogP contribution >= 0.6 is 0 Å². The van der Waals surface area contributed by atoms with Crippen LogP contribution in [0.1, 0.15) is 62.7 Å². The van der Waals surface area contributed by atoms with Gasteiger partial charge in [-0.15, -0.1) is 5.10 Å². The van der Waals surface area contributed by atoms with Crippen molar-refractivity contribution >= 4 is 10.9 Å². The number of tetrazole rings is 1. The second-order valence-electron chi connectivity index (χ2n) is 9.57. The topological polar surface area (TPSA) is 82.9 Å². The van der Waals surface area contributed by atoms with E-state index in [1.807, 2.05) is 10.7 Å². The number of benzene rings is 1. The summed E-state index contributed by atoms with van der Waals surface area (Å²) in [5.74, 6) is 0.732. The van der Waals surface area contributed by atoms with Crippen LogP contribution in [0.2, 0.25) is 0 Å². The van der Waals surface area contributed by atoms with Crippen molar-refractivity contribution in [1.82, 2.24) is 35.0 Å². The highest BCUT2D eigenvalue weighted by molar-refractivity contribution is 5.81. The molecule has 1 unspecified atom stereocenters. The number of hydrogen-bond acceptors (Lipinski definition) is 6. The molecule has 2 aromatic heterocycles. The Labute approximate surface area is 189 Å². The van der Waals surface area contributed by atoms with Crippen molar-refractivity contribution in [2.24, 2.45) is 0 Å². The summed E-state index contributed by atoms with van der Waals surface area (Å²) in [7, 11) is 0. The van der Waals surface area contributed by atoms with Gasteiger partial charge >= 0.3 is 0 Å². The van der Waals surface area contributed by atoms with E-state index in [0.29, 0.717) is 5.56 Å². The van der Waals surface area contributed by atoms with Gasteiger partial charge in [0.05, 0.1) is 5.54 Å². The highest BCUT2D eigenvalue weighted by atomic mass is 16.1. The molecule has 0 radical (unpaired) electrons. The zero-order valence-electron chi connectivity index (χ0n) is 20.1. The first kappa shape index (κ1) is 22.6. The highest BCUT2D eigenvalue weighted by Gasteiger charge is 2.35. The predicted molar refractivity (Wildman–Crippen MR) is 127 cm³/mol. The fourth-order valence-corrected chi connectivity index (χ4v) is 4.48. The lowest BCUT2D eigenvalue weighted by atomic mass is 9.98. The summed E-state index contributed by atoms with van der Waals surface area (Å²) < 4.78 is 1.91. The van der Waals surface area contributed by atoms with E-state index < -0.39 is 0 Å². The van der Waals surface area contributed by atoms with Crippen molar-refractivity contribution < 1.29 is 0 Å². The molecule has 1 aromatic carbocycles. The highest BCUT2D eigenvalue weighted by Crippen LogP contribution is 2.31. The van der Waals surface area contributed by atoms with Gasteiger partial charge in [-0.1, -0.05) is 13.8 Å². The molecule has 0 aliphatic carbocycles. The molecule has 0 saturated carbocycles. The maximum Gasteiger partial charge on any atom is 0.253 e. The Morgan fingerprint density at radius 3 is 2.41 bits per heavy atom. The van der Waals surface area contributed by atoms with Crippen LogP contribution in [0.15, 0.2) is 23.0 Å². The Kier molecular flexibility index (Phi) is 6.18. The number of hydrogen-bond donors (Lipinski definition) is 1. The number of pyridine rings is 1. The van der Waals surface area contributed by atoms with E-state index in [1.54, 1.807) is 0 Å². The Balaban J connectivity index is 1.88. The number of rotatable bonds is 6. The van der Waals surface area contributed by atoms with Gasteiger partial charge in [-0.25, -0.2) is 4.68 Å². The van der Waals surface area contributed by atoms with E-state index >= 15 is 0 Å². The van der Waals surface area contributed by atoms with Crippen molar-refractivity contribution in [2.75, 3.05) is 32.7 Å². The minimum atomic E-state index is -0.301. The summed E-state index contributed by atoms with van der Waals surface area (Å²) in [5, 5.41) is 13.9. The molecule has 172 valence electrons. The Morgan fingerprint density at radius 1 is 1.06 bits per heavy atom. The van der Waals surface area contributed by atoms with Gasteiger partial charge < -0.3 is 9.88 Å². The first-order chi connectivity index (χ1) is 15.2. The third-order valence-corrected chi connectivity index (χ3v) is 7.18. The summed E-state index contributed by atoms with van der Waals surface area (Å²) in [5.41, 5.74) is 3.62. The van der Waals surface area contributed by atoms with Gasteiger partial charge in [-0.05, 0) is 85.8 Å². The Morgan fingerprint density at radius 2 is 1.75 bits per heavy atom. The van der Waals surface area contributed by atoms with E-state index in [1.165, 1.54) is 11.1 Å². The molecule has 4 rings (SSSR count). The number of aromatic nitrogens is 5. The summed E-state index contributed by atoms with van der Waals surface area (Å²) in [6, 6.07) is 5.93. The van der Waals surface area contributed by atoms with Gasteiger partial charge in [-0.3, -0.25) is 9.69 Å². The van der Waals surface area contributed by atoms with Gasteiger partial charge in [0.2, 0.25) is 0 Å². The second-order valence-corrected chi connectivity index (χ2v) is 9.57. The number of nitrogens with zero attached hydrogens (tertiary/aromatic N) is 6. The van der Waals surface area contributed by atoms with Gasteiger partial charge in [0.15, 0.2) is 5.82 Å². The van der Waals surface area contributed by atoms with Crippen LogP contribution in [-0.4, -0.2) is 67.7 Å². The molecule has 1 fully saturated rings. The average molecular weight is 438 g/mol. The van der Waals surface area contributed by atoms with Crippen molar-refractivity contribution in [3.8, 4) is 0 Å². The smallest absolute Gasteiger partial charge is 0.253 e. The first-order valence-corrected chi connectivity index (χ1v) is 11.6. The quantitative estimate of drug-likeness (QED) is 0.638. The average Bonchev–Trinajstić information content (AvgIpc) is 3.26. The first-order valence-electron chi connectivity index (χ1n) is 11.6. The normalized spacial score (nSPS) is 17.2. The van der Waals surface area contributed by atoms with E-state index in [0.717, 1.165) is 55.9 Å². The molecular formula is C24H35N7O. The molecule has 0 spiro atoms. The second kappa shape index (κ2) is 8.75. The third-order valence-electron chi connectivity index (χ3n) is 7.18. The van der Waals surface area contributed by atoms with E-state index in [-0.39, 0.29) is 17.1 Å². The maximum atomic E-state index is 13.4. The van der Waals surface area contributed by atoms with Crippen LogP contribution in [0.3, 0.4) is 0 Å². The SMILES string of the molecule is CCN1CCN(C(c2cc3cc(C)c(C)cc3[nH]c2=O)c2nnnn2C(C)(C)CC)CC1. The van der Waals surface area contributed by atoms with Gasteiger partial charge in [0.25, 0.3) is 5.56 Å². The fraction of sp³-hybridized carbons (Fsp3) is 0.583. The number of aromatic amines is 1. The van der Waals surface area contributed by atoms with Crippen LogP contribution < -0.4 is 5.56 Å². The largest absolute Gasteiger partial charge is 0.322 e.